The molecule has 0 aliphatic carbocycles. The molecule has 1 fully saturated rings. The highest BCUT2D eigenvalue weighted by atomic mass is 19.1. The minimum atomic E-state index is -0.553. The highest BCUT2D eigenvalue weighted by molar-refractivity contribution is 5.73. The maximum absolute atomic E-state index is 13.9. The van der Waals surface area contributed by atoms with Crippen LogP contribution < -0.4 is 0 Å². The van der Waals surface area contributed by atoms with Gasteiger partial charge in [0.1, 0.15) is 11.6 Å². The number of amides is 1. The molecule has 5 heteroatoms. The quantitative estimate of drug-likeness (QED) is 0.850. The standard InChI is InChI=1S/C15H20F2N2O/c1-3-15(13-5-4-12(16)10-14(13)17)19-8-6-18(7-9-19)11(2)20/h4-5,10,15H,3,6-9H2,1-2H3/t15-/m0/s1. The van der Waals surface area contributed by atoms with Crippen LogP contribution >= 0.6 is 0 Å². The summed E-state index contributed by atoms with van der Waals surface area (Å²) in [4.78, 5) is 15.3. The summed E-state index contributed by atoms with van der Waals surface area (Å²) in [5, 5.41) is 0. The van der Waals surface area contributed by atoms with Crippen molar-refractivity contribution < 1.29 is 13.6 Å². The number of rotatable bonds is 3. The van der Waals surface area contributed by atoms with E-state index >= 15 is 0 Å². The van der Waals surface area contributed by atoms with E-state index in [-0.39, 0.29) is 11.9 Å². The van der Waals surface area contributed by atoms with E-state index in [4.69, 9.17) is 0 Å². The Kier molecular flexibility index (Phi) is 4.70. The van der Waals surface area contributed by atoms with Gasteiger partial charge in [-0.2, -0.15) is 0 Å². The van der Waals surface area contributed by atoms with Gasteiger partial charge >= 0.3 is 0 Å². The number of hydrogen-bond acceptors (Lipinski definition) is 2. The first-order chi connectivity index (χ1) is 9.52. The first kappa shape index (κ1) is 14.9. The molecule has 1 amide bonds. The summed E-state index contributed by atoms with van der Waals surface area (Å²) in [6.07, 6.45) is 0.753. The number of halogens is 2. The molecule has 0 unspecified atom stereocenters. The van der Waals surface area contributed by atoms with E-state index in [1.807, 2.05) is 6.92 Å². The Morgan fingerprint density at radius 3 is 2.40 bits per heavy atom. The van der Waals surface area contributed by atoms with Gasteiger partial charge in [0.25, 0.3) is 0 Å². The van der Waals surface area contributed by atoms with Gasteiger partial charge in [0.2, 0.25) is 5.91 Å². The molecule has 3 nitrogen and oxygen atoms in total. The maximum Gasteiger partial charge on any atom is 0.219 e. The summed E-state index contributed by atoms with van der Waals surface area (Å²) in [5.74, 6) is -0.973. The van der Waals surface area contributed by atoms with Crippen LogP contribution in [0.1, 0.15) is 31.9 Å². The Morgan fingerprint density at radius 1 is 1.25 bits per heavy atom. The minimum absolute atomic E-state index is 0.0651. The second-order valence-corrected chi connectivity index (χ2v) is 5.13. The molecule has 1 heterocycles. The average molecular weight is 282 g/mol. The molecular weight excluding hydrogens is 262 g/mol. The number of carbonyl (C=O) groups excluding carboxylic acids is 1. The van der Waals surface area contributed by atoms with E-state index in [2.05, 4.69) is 4.90 Å². The lowest BCUT2D eigenvalue weighted by Crippen LogP contribution is -2.49. The molecule has 1 atom stereocenters. The molecule has 0 N–H and O–H groups in total. The van der Waals surface area contributed by atoms with Crippen LogP contribution in [0.4, 0.5) is 8.78 Å². The van der Waals surface area contributed by atoms with E-state index in [1.54, 1.807) is 11.8 Å². The summed E-state index contributed by atoms with van der Waals surface area (Å²) >= 11 is 0. The highest BCUT2D eigenvalue weighted by Crippen LogP contribution is 2.27. The smallest absolute Gasteiger partial charge is 0.219 e. The van der Waals surface area contributed by atoms with E-state index in [0.29, 0.717) is 18.7 Å². The molecule has 1 aliphatic heterocycles. The minimum Gasteiger partial charge on any atom is -0.340 e. The Bertz CT molecular complexity index is 485. The summed E-state index contributed by atoms with van der Waals surface area (Å²) in [5.41, 5.74) is 0.533. The lowest BCUT2D eigenvalue weighted by Gasteiger charge is -2.39. The van der Waals surface area contributed by atoms with Crippen molar-refractivity contribution in [3.05, 3.63) is 35.4 Å². The molecule has 0 aromatic heterocycles. The molecular formula is C15H20F2N2O. The van der Waals surface area contributed by atoms with Crippen molar-refractivity contribution in [2.75, 3.05) is 26.2 Å². The van der Waals surface area contributed by atoms with Crippen LogP contribution in [0.25, 0.3) is 0 Å². The van der Waals surface area contributed by atoms with Crippen molar-refractivity contribution in [2.45, 2.75) is 26.3 Å². The first-order valence-corrected chi connectivity index (χ1v) is 6.97. The molecule has 0 bridgehead atoms. The monoisotopic (exact) mass is 282 g/mol. The second kappa shape index (κ2) is 6.31. The van der Waals surface area contributed by atoms with Crippen molar-refractivity contribution in [3.63, 3.8) is 0 Å². The molecule has 110 valence electrons. The SMILES string of the molecule is CC[C@@H](c1ccc(F)cc1F)N1CCN(C(C)=O)CC1. The second-order valence-electron chi connectivity index (χ2n) is 5.13. The normalized spacial score (nSPS) is 18.1. The van der Waals surface area contributed by atoms with Crippen molar-refractivity contribution in [1.82, 2.24) is 9.80 Å². The Morgan fingerprint density at radius 2 is 1.90 bits per heavy atom. The summed E-state index contributed by atoms with van der Waals surface area (Å²) < 4.78 is 26.9. The average Bonchev–Trinajstić information content (AvgIpc) is 2.42. The van der Waals surface area contributed by atoms with Crippen LogP contribution in [0.5, 0.6) is 0 Å². The van der Waals surface area contributed by atoms with Gasteiger partial charge in [-0.15, -0.1) is 0 Å². The van der Waals surface area contributed by atoms with Crippen LogP contribution in [0.15, 0.2) is 18.2 Å². The van der Waals surface area contributed by atoms with E-state index in [0.717, 1.165) is 25.6 Å². The third-order valence-electron chi connectivity index (χ3n) is 3.91. The maximum atomic E-state index is 13.9. The van der Waals surface area contributed by atoms with E-state index in [1.165, 1.54) is 12.1 Å². The number of nitrogens with zero attached hydrogens (tertiary/aromatic N) is 2. The molecule has 0 saturated carbocycles. The highest BCUT2D eigenvalue weighted by Gasteiger charge is 2.26. The largest absolute Gasteiger partial charge is 0.340 e. The van der Waals surface area contributed by atoms with Crippen molar-refractivity contribution in [2.24, 2.45) is 0 Å². The van der Waals surface area contributed by atoms with Gasteiger partial charge in [-0.1, -0.05) is 13.0 Å². The fraction of sp³-hybridized carbons (Fsp3) is 0.533. The summed E-state index contributed by atoms with van der Waals surface area (Å²) in [7, 11) is 0. The van der Waals surface area contributed by atoms with E-state index < -0.39 is 11.6 Å². The van der Waals surface area contributed by atoms with Gasteiger partial charge in [0, 0.05) is 50.8 Å². The number of hydrogen-bond donors (Lipinski definition) is 0. The fourth-order valence-electron chi connectivity index (χ4n) is 2.80. The zero-order valence-electron chi connectivity index (χ0n) is 11.9. The van der Waals surface area contributed by atoms with Crippen molar-refractivity contribution >= 4 is 5.91 Å². The fourth-order valence-corrected chi connectivity index (χ4v) is 2.80. The van der Waals surface area contributed by atoms with Gasteiger partial charge < -0.3 is 4.90 Å². The third kappa shape index (κ3) is 3.15. The molecule has 1 saturated heterocycles. The topological polar surface area (TPSA) is 23.6 Å². The predicted octanol–water partition coefficient (Wildman–Crippen LogP) is 2.58. The molecule has 20 heavy (non-hydrogen) atoms. The molecule has 0 radical (unpaired) electrons. The summed E-state index contributed by atoms with van der Waals surface area (Å²) in [6.45, 7) is 6.31. The predicted molar refractivity (Wildman–Crippen MR) is 73.2 cm³/mol. The Hall–Kier alpha value is -1.49. The van der Waals surface area contributed by atoms with Crippen molar-refractivity contribution in [1.29, 1.82) is 0 Å². The number of carbonyl (C=O) groups is 1. The Balaban J connectivity index is 2.11. The molecule has 0 spiro atoms. The molecule has 1 aliphatic rings. The lowest BCUT2D eigenvalue weighted by molar-refractivity contribution is -0.130. The molecule has 1 aromatic carbocycles. The number of benzene rings is 1. The van der Waals surface area contributed by atoms with Gasteiger partial charge in [0.15, 0.2) is 0 Å². The zero-order chi connectivity index (χ0) is 14.7. The van der Waals surface area contributed by atoms with Crippen LogP contribution in [-0.2, 0) is 4.79 Å². The Labute approximate surface area is 118 Å². The molecule has 1 aromatic rings. The van der Waals surface area contributed by atoms with Crippen LogP contribution in [-0.4, -0.2) is 41.9 Å². The van der Waals surface area contributed by atoms with Gasteiger partial charge in [-0.25, -0.2) is 8.78 Å². The van der Waals surface area contributed by atoms with Gasteiger partial charge in [-0.05, 0) is 12.5 Å². The van der Waals surface area contributed by atoms with Gasteiger partial charge in [-0.3, -0.25) is 9.69 Å². The summed E-state index contributed by atoms with van der Waals surface area (Å²) in [6, 6.07) is 3.69. The van der Waals surface area contributed by atoms with Crippen molar-refractivity contribution in [3.8, 4) is 0 Å². The third-order valence-corrected chi connectivity index (χ3v) is 3.91. The zero-order valence-corrected chi connectivity index (χ0v) is 11.9. The lowest BCUT2D eigenvalue weighted by atomic mass is 10.0. The number of piperazine rings is 1. The first-order valence-electron chi connectivity index (χ1n) is 6.97. The van der Waals surface area contributed by atoms with Gasteiger partial charge in [0.05, 0.1) is 0 Å². The van der Waals surface area contributed by atoms with E-state index in [9.17, 15) is 13.6 Å². The molecule has 2 rings (SSSR count). The van der Waals surface area contributed by atoms with Crippen LogP contribution in [0.2, 0.25) is 0 Å². The van der Waals surface area contributed by atoms with Crippen LogP contribution in [0, 0.1) is 11.6 Å². The van der Waals surface area contributed by atoms with Crippen LogP contribution in [0.3, 0.4) is 0 Å².